The molecular formula is C17H26N4OS. The zero-order chi connectivity index (χ0) is 16.0. The Morgan fingerprint density at radius 1 is 1.30 bits per heavy atom. The smallest absolute Gasteiger partial charge is 0.317 e. The van der Waals surface area contributed by atoms with Crippen LogP contribution in [0.5, 0.6) is 0 Å². The summed E-state index contributed by atoms with van der Waals surface area (Å²) >= 11 is 1.74. The van der Waals surface area contributed by atoms with Crippen molar-refractivity contribution in [1.82, 2.24) is 20.1 Å². The maximum atomic E-state index is 12.6. The molecule has 1 aromatic heterocycles. The lowest BCUT2D eigenvalue weighted by molar-refractivity contribution is 0.185. The van der Waals surface area contributed by atoms with Gasteiger partial charge in [0, 0.05) is 36.5 Å². The van der Waals surface area contributed by atoms with Gasteiger partial charge in [-0.05, 0) is 46.1 Å². The summed E-state index contributed by atoms with van der Waals surface area (Å²) in [6.45, 7) is 3.77. The van der Waals surface area contributed by atoms with Gasteiger partial charge in [-0.15, -0.1) is 11.3 Å². The standard InChI is InChI=1S/C17H26N4OS/c1-11(15-10-23-16(19-15)12-3-4-12)18-17(22)21-8-7-13-5-6-14(9-21)20(13)2/h10-14H,3-9H2,1-2H3,(H,18,22)/t11-,13+,14-/m0/s1. The minimum absolute atomic E-state index is 0.00980. The Labute approximate surface area is 142 Å². The highest BCUT2D eigenvalue weighted by molar-refractivity contribution is 7.09. The van der Waals surface area contributed by atoms with Crippen molar-refractivity contribution in [2.75, 3.05) is 20.1 Å². The van der Waals surface area contributed by atoms with Gasteiger partial charge in [0.25, 0.3) is 0 Å². The average Bonchev–Trinajstić information content (AvgIpc) is 3.17. The molecule has 1 saturated carbocycles. The van der Waals surface area contributed by atoms with Crippen molar-refractivity contribution in [2.24, 2.45) is 0 Å². The molecule has 1 aliphatic carbocycles. The summed E-state index contributed by atoms with van der Waals surface area (Å²) in [6, 6.07) is 1.25. The predicted octanol–water partition coefficient (Wildman–Crippen LogP) is 2.96. The first-order valence-corrected chi connectivity index (χ1v) is 9.72. The molecule has 23 heavy (non-hydrogen) atoms. The number of aromatic nitrogens is 1. The first kappa shape index (κ1) is 15.4. The Morgan fingerprint density at radius 2 is 2.09 bits per heavy atom. The Bertz CT molecular complexity index is 585. The van der Waals surface area contributed by atoms with Gasteiger partial charge in [-0.2, -0.15) is 0 Å². The quantitative estimate of drug-likeness (QED) is 0.924. The van der Waals surface area contributed by atoms with E-state index in [2.05, 4.69) is 22.6 Å². The Balaban J connectivity index is 1.36. The summed E-state index contributed by atoms with van der Waals surface area (Å²) in [4.78, 5) is 21.8. The number of nitrogens with zero attached hydrogens (tertiary/aromatic N) is 3. The topological polar surface area (TPSA) is 48.5 Å². The highest BCUT2D eigenvalue weighted by Crippen LogP contribution is 2.41. The highest BCUT2D eigenvalue weighted by Gasteiger charge is 2.36. The molecule has 3 atom stereocenters. The van der Waals surface area contributed by atoms with Gasteiger partial charge in [0.1, 0.15) is 0 Å². The number of urea groups is 1. The molecule has 0 unspecified atom stereocenters. The van der Waals surface area contributed by atoms with Crippen LogP contribution in [-0.4, -0.2) is 53.0 Å². The normalized spacial score (nSPS) is 29.4. The number of hydrogen-bond donors (Lipinski definition) is 1. The van der Waals surface area contributed by atoms with Gasteiger partial charge in [0.05, 0.1) is 16.7 Å². The Hall–Kier alpha value is -1.14. The molecule has 0 spiro atoms. The predicted molar refractivity (Wildman–Crippen MR) is 91.8 cm³/mol. The monoisotopic (exact) mass is 334 g/mol. The fourth-order valence-electron chi connectivity index (χ4n) is 3.86. The maximum absolute atomic E-state index is 12.6. The minimum Gasteiger partial charge on any atom is -0.330 e. The maximum Gasteiger partial charge on any atom is 0.317 e. The Morgan fingerprint density at radius 3 is 2.87 bits per heavy atom. The second-order valence-electron chi connectivity index (χ2n) is 7.34. The van der Waals surface area contributed by atoms with Crippen LogP contribution in [0.15, 0.2) is 5.38 Å². The molecule has 1 N–H and O–H groups in total. The van der Waals surface area contributed by atoms with E-state index in [9.17, 15) is 4.79 Å². The molecule has 5 nitrogen and oxygen atoms in total. The van der Waals surface area contributed by atoms with Crippen LogP contribution in [-0.2, 0) is 0 Å². The van der Waals surface area contributed by atoms with Gasteiger partial charge in [-0.1, -0.05) is 0 Å². The minimum atomic E-state index is -0.00980. The number of nitrogens with one attached hydrogen (secondary N) is 1. The first-order chi connectivity index (χ1) is 11.1. The van der Waals surface area contributed by atoms with Crippen LogP contribution in [0.3, 0.4) is 0 Å². The molecule has 2 aliphatic heterocycles. The molecule has 126 valence electrons. The van der Waals surface area contributed by atoms with E-state index in [0.717, 1.165) is 25.2 Å². The molecular weight excluding hydrogens is 308 g/mol. The number of likely N-dealkylation sites (tertiary alicyclic amines) is 1. The zero-order valence-corrected chi connectivity index (χ0v) is 14.8. The van der Waals surface area contributed by atoms with Gasteiger partial charge in [-0.3, -0.25) is 4.90 Å². The summed E-state index contributed by atoms with van der Waals surface area (Å²) in [5.74, 6) is 0.688. The summed E-state index contributed by atoms with van der Waals surface area (Å²) < 4.78 is 0. The summed E-state index contributed by atoms with van der Waals surface area (Å²) in [5.41, 5.74) is 1.01. The molecule has 2 bridgehead atoms. The van der Waals surface area contributed by atoms with Crippen molar-refractivity contribution in [3.63, 3.8) is 0 Å². The molecule has 0 aromatic carbocycles. The number of carbonyl (C=O) groups excluding carboxylic acids is 1. The van der Waals surface area contributed by atoms with E-state index in [-0.39, 0.29) is 12.1 Å². The highest BCUT2D eigenvalue weighted by atomic mass is 32.1. The third-order valence-corrected chi connectivity index (χ3v) is 6.71. The number of amides is 2. The number of thiazole rings is 1. The van der Waals surface area contributed by atoms with E-state index >= 15 is 0 Å². The van der Waals surface area contributed by atoms with E-state index in [4.69, 9.17) is 4.98 Å². The summed E-state index contributed by atoms with van der Waals surface area (Å²) in [5, 5.41) is 6.51. The second kappa shape index (κ2) is 6.06. The van der Waals surface area contributed by atoms with Gasteiger partial charge in [0.2, 0.25) is 0 Å². The van der Waals surface area contributed by atoms with Crippen molar-refractivity contribution in [3.05, 3.63) is 16.1 Å². The molecule has 3 fully saturated rings. The van der Waals surface area contributed by atoms with Gasteiger partial charge < -0.3 is 10.2 Å². The molecule has 2 saturated heterocycles. The first-order valence-electron chi connectivity index (χ1n) is 8.84. The van der Waals surface area contributed by atoms with Crippen LogP contribution in [0.25, 0.3) is 0 Å². The van der Waals surface area contributed by atoms with E-state index in [0.29, 0.717) is 18.0 Å². The molecule has 2 amide bonds. The van der Waals surface area contributed by atoms with Crippen LogP contribution in [0.4, 0.5) is 4.79 Å². The third-order valence-electron chi connectivity index (χ3n) is 5.69. The molecule has 4 rings (SSSR count). The van der Waals surface area contributed by atoms with Crippen molar-refractivity contribution in [1.29, 1.82) is 0 Å². The number of fused-ring (bicyclic) bond motifs is 2. The van der Waals surface area contributed by atoms with Gasteiger partial charge in [-0.25, -0.2) is 9.78 Å². The van der Waals surface area contributed by atoms with Crippen LogP contribution in [0.1, 0.15) is 61.7 Å². The fourth-order valence-corrected chi connectivity index (χ4v) is 4.95. The number of carbonyl (C=O) groups is 1. The second-order valence-corrected chi connectivity index (χ2v) is 8.23. The van der Waals surface area contributed by atoms with Gasteiger partial charge >= 0.3 is 6.03 Å². The molecule has 1 aromatic rings. The molecule has 3 heterocycles. The Kier molecular flexibility index (Phi) is 4.05. The van der Waals surface area contributed by atoms with Crippen LogP contribution in [0, 0.1) is 0 Å². The van der Waals surface area contributed by atoms with Crippen LogP contribution in [0.2, 0.25) is 0 Å². The third kappa shape index (κ3) is 3.11. The SMILES string of the molecule is C[C@H](NC(=O)N1CC[C@H]2CC[C@@H](C1)N2C)c1csc(C2CC2)n1. The van der Waals surface area contributed by atoms with Crippen LogP contribution < -0.4 is 5.32 Å². The lowest BCUT2D eigenvalue weighted by atomic mass is 10.1. The fraction of sp³-hybridized carbons (Fsp3) is 0.765. The van der Waals surface area contributed by atoms with Crippen molar-refractivity contribution in [3.8, 4) is 0 Å². The number of rotatable bonds is 3. The molecule has 3 aliphatic rings. The molecule has 0 radical (unpaired) electrons. The van der Waals surface area contributed by atoms with Crippen molar-refractivity contribution >= 4 is 17.4 Å². The van der Waals surface area contributed by atoms with Crippen molar-refractivity contribution < 1.29 is 4.79 Å². The molecule has 6 heteroatoms. The van der Waals surface area contributed by atoms with Crippen LogP contribution >= 0.6 is 11.3 Å². The van der Waals surface area contributed by atoms with Crippen molar-refractivity contribution in [2.45, 2.75) is 63.1 Å². The number of likely N-dealkylation sites (N-methyl/N-ethyl adjacent to an activating group) is 1. The lowest BCUT2D eigenvalue weighted by Crippen LogP contribution is -2.45. The van der Waals surface area contributed by atoms with E-state index in [1.807, 2.05) is 11.8 Å². The van der Waals surface area contributed by atoms with E-state index < -0.39 is 0 Å². The average molecular weight is 334 g/mol. The summed E-state index contributed by atoms with van der Waals surface area (Å²) in [6.07, 6.45) is 6.15. The van der Waals surface area contributed by atoms with E-state index in [1.54, 1.807) is 11.3 Å². The largest absolute Gasteiger partial charge is 0.330 e. The zero-order valence-electron chi connectivity index (χ0n) is 14.0. The summed E-state index contributed by atoms with van der Waals surface area (Å²) in [7, 11) is 2.21. The lowest BCUT2D eigenvalue weighted by Gasteiger charge is -2.27. The number of hydrogen-bond acceptors (Lipinski definition) is 4. The van der Waals surface area contributed by atoms with E-state index in [1.165, 1.54) is 30.7 Å². The van der Waals surface area contributed by atoms with Gasteiger partial charge in [0.15, 0.2) is 0 Å².